The summed E-state index contributed by atoms with van der Waals surface area (Å²) in [5.41, 5.74) is 2.91. The number of rotatable bonds is 5. The van der Waals surface area contributed by atoms with Crippen LogP contribution in [0, 0.1) is 0 Å². The van der Waals surface area contributed by atoms with Crippen LogP contribution in [0.3, 0.4) is 0 Å². The van der Waals surface area contributed by atoms with E-state index in [4.69, 9.17) is 4.42 Å². The molecule has 0 spiro atoms. The first-order valence-corrected chi connectivity index (χ1v) is 8.64. The molecule has 0 fully saturated rings. The molecule has 26 heavy (non-hydrogen) atoms. The van der Waals surface area contributed by atoms with Crippen LogP contribution in [-0.2, 0) is 17.6 Å². The summed E-state index contributed by atoms with van der Waals surface area (Å²) in [5.74, 6) is 0.720. The second-order valence-electron chi connectivity index (χ2n) is 6.38. The van der Waals surface area contributed by atoms with E-state index in [0.717, 1.165) is 16.7 Å². The van der Waals surface area contributed by atoms with E-state index >= 15 is 0 Å². The van der Waals surface area contributed by atoms with Crippen LogP contribution >= 0.6 is 0 Å². The fourth-order valence-electron chi connectivity index (χ4n) is 3.27. The number of aliphatic hydroxyl groups is 1. The Morgan fingerprint density at radius 1 is 1.12 bits per heavy atom. The first-order chi connectivity index (χ1) is 12.7. The van der Waals surface area contributed by atoms with Gasteiger partial charge in [0.05, 0.1) is 12.1 Å². The monoisotopic (exact) mass is 349 g/mol. The van der Waals surface area contributed by atoms with Gasteiger partial charge in [0.25, 0.3) is 0 Å². The maximum atomic E-state index is 12.3. The third-order valence-corrected chi connectivity index (χ3v) is 4.57. The molecule has 3 aromatic rings. The maximum Gasteiger partial charge on any atom is 0.247 e. The van der Waals surface area contributed by atoms with E-state index in [1.54, 1.807) is 0 Å². The highest BCUT2D eigenvalue weighted by atomic mass is 16.4. The summed E-state index contributed by atoms with van der Waals surface area (Å²) in [7, 11) is 0. The second-order valence-corrected chi connectivity index (χ2v) is 6.38. The SMILES string of the molecule is O=C(CCc1nnc(-c2ccccc2)o1)NC1c2ccccc2CC1O. The van der Waals surface area contributed by atoms with Gasteiger partial charge < -0.3 is 14.8 Å². The van der Waals surface area contributed by atoms with Crippen LogP contribution in [0.4, 0.5) is 0 Å². The van der Waals surface area contributed by atoms with Crippen LogP contribution in [0.15, 0.2) is 59.0 Å². The largest absolute Gasteiger partial charge is 0.421 e. The smallest absolute Gasteiger partial charge is 0.247 e. The van der Waals surface area contributed by atoms with E-state index in [0.29, 0.717) is 24.6 Å². The van der Waals surface area contributed by atoms with Gasteiger partial charge in [0.2, 0.25) is 17.7 Å². The van der Waals surface area contributed by atoms with Crippen molar-refractivity contribution in [1.82, 2.24) is 15.5 Å². The number of aromatic nitrogens is 2. The molecule has 6 nitrogen and oxygen atoms in total. The number of hydrogen-bond acceptors (Lipinski definition) is 5. The van der Waals surface area contributed by atoms with Crippen molar-refractivity contribution in [1.29, 1.82) is 0 Å². The van der Waals surface area contributed by atoms with Crippen LogP contribution in [0.1, 0.15) is 29.5 Å². The Hall–Kier alpha value is -2.99. The van der Waals surface area contributed by atoms with Crippen molar-refractivity contribution in [3.05, 3.63) is 71.6 Å². The van der Waals surface area contributed by atoms with E-state index < -0.39 is 6.10 Å². The predicted molar refractivity (Wildman–Crippen MR) is 95.1 cm³/mol. The summed E-state index contributed by atoms with van der Waals surface area (Å²) in [6.45, 7) is 0. The molecule has 2 unspecified atom stereocenters. The van der Waals surface area contributed by atoms with E-state index in [1.165, 1.54) is 0 Å². The molecule has 6 heteroatoms. The lowest BCUT2D eigenvalue weighted by atomic mass is 10.1. The molecule has 132 valence electrons. The third kappa shape index (κ3) is 3.36. The molecule has 0 aliphatic heterocycles. The molecule has 1 aromatic heterocycles. The molecule has 2 atom stereocenters. The normalized spacial score (nSPS) is 18.5. The van der Waals surface area contributed by atoms with Crippen molar-refractivity contribution in [2.24, 2.45) is 0 Å². The van der Waals surface area contributed by atoms with E-state index in [1.807, 2.05) is 54.6 Å². The fourth-order valence-corrected chi connectivity index (χ4v) is 3.27. The number of aliphatic hydroxyl groups excluding tert-OH is 1. The topological polar surface area (TPSA) is 88.2 Å². The lowest BCUT2D eigenvalue weighted by Crippen LogP contribution is -2.34. The van der Waals surface area contributed by atoms with Crippen LogP contribution in [0.25, 0.3) is 11.5 Å². The second kappa shape index (κ2) is 7.09. The lowest BCUT2D eigenvalue weighted by Gasteiger charge is -2.17. The Morgan fingerprint density at radius 2 is 1.88 bits per heavy atom. The number of nitrogens with one attached hydrogen (secondary N) is 1. The van der Waals surface area contributed by atoms with E-state index in [9.17, 15) is 9.90 Å². The Kier molecular flexibility index (Phi) is 4.50. The quantitative estimate of drug-likeness (QED) is 0.739. The van der Waals surface area contributed by atoms with Crippen molar-refractivity contribution in [3.63, 3.8) is 0 Å². The van der Waals surface area contributed by atoms with Crippen LogP contribution in [0.5, 0.6) is 0 Å². The minimum Gasteiger partial charge on any atom is -0.421 e. The van der Waals surface area contributed by atoms with Gasteiger partial charge in [-0.2, -0.15) is 0 Å². The van der Waals surface area contributed by atoms with Gasteiger partial charge in [0.1, 0.15) is 0 Å². The summed E-state index contributed by atoms with van der Waals surface area (Å²) in [4.78, 5) is 12.3. The molecule has 1 aliphatic rings. The van der Waals surface area contributed by atoms with Crippen molar-refractivity contribution < 1.29 is 14.3 Å². The molecule has 1 amide bonds. The van der Waals surface area contributed by atoms with Crippen LogP contribution in [-0.4, -0.2) is 27.3 Å². The zero-order chi connectivity index (χ0) is 17.9. The molecule has 4 rings (SSSR count). The maximum absolute atomic E-state index is 12.3. The first-order valence-electron chi connectivity index (χ1n) is 8.64. The predicted octanol–water partition coefficient (Wildman–Crippen LogP) is 2.44. The molecular formula is C20H19N3O3. The Balaban J connectivity index is 1.36. The van der Waals surface area contributed by atoms with Crippen molar-refractivity contribution >= 4 is 5.91 Å². The van der Waals surface area contributed by atoms with Gasteiger partial charge in [0, 0.05) is 24.8 Å². The number of nitrogens with zero attached hydrogens (tertiary/aromatic N) is 2. The van der Waals surface area contributed by atoms with Gasteiger partial charge in [-0.25, -0.2) is 0 Å². The number of carbonyl (C=O) groups excluding carboxylic acids is 1. The molecule has 1 aliphatic carbocycles. The Morgan fingerprint density at radius 3 is 2.73 bits per heavy atom. The zero-order valence-electron chi connectivity index (χ0n) is 14.1. The standard InChI is InChI=1S/C20H19N3O3/c24-16-12-14-8-4-5-9-15(14)19(16)21-17(25)10-11-18-22-23-20(26-18)13-6-2-1-3-7-13/h1-9,16,19,24H,10-12H2,(H,21,25). The number of aryl methyl sites for hydroxylation is 1. The van der Waals surface area contributed by atoms with E-state index in [-0.39, 0.29) is 18.4 Å². The molecule has 2 aromatic carbocycles. The number of benzene rings is 2. The number of carbonyl (C=O) groups is 1. The van der Waals surface area contributed by atoms with Crippen molar-refractivity contribution in [3.8, 4) is 11.5 Å². The van der Waals surface area contributed by atoms with Gasteiger partial charge in [0.15, 0.2) is 0 Å². The highest BCUT2D eigenvalue weighted by Crippen LogP contribution is 2.31. The van der Waals surface area contributed by atoms with Crippen LogP contribution in [0.2, 0.25) is 0 Å². The summed E-state index contributed by atoms with van der Waals surface area (Å²) < 4.78 is 5.62. The lowest BCUT2D eigenvalue weighted by molar-refractivity contribution is -0.122. The fraction of sp³-hybridized carbons (Fsp3) is 0.250. The summed E-state index contributed by atoms with van der Waals surface area (Å²) in [6.07, 6.45) is 0.549. The van der Waals surface area contributed by atoms with Gasteiger partial charge in [-0.1, -0.05) is 42.5 Å². The Bertz CT molecular complexity index is 907. The first kappa shape index (κ1) is 16.5. The van der Waals surface area contributed by atoms with Gasteiger partial charge >= 0.3 is 0 Å². The highest BCUT2D eigenvalue weighted by molar-refractivity contribution is 5.77. The van der Waals surface area contributed by atoms with Crippen LogP contribution < -0.4 is 5.32 Å². The number of amides is 1. The van der Waals surface area contributed by atoms with Gasteiger partial charge in [-0.05, 0) is 23.3 Å². The molecule has 0 saturated carbocycles. The summed E-state index contributed by atoms with van der Waals surface area (Å²) in [5, 5.41) is 21.2. The molecule has 0 bridgehead atoms. The molecular weight excluding hydrogens is 330 g/mol. The minimum absolute atomic E-state index is 0.148. The zero-order valence-corrected chi connectivity index (χ0v) is 14.1. The molecule has 0 radical (unpaired) electrons. The minimum atomic E-state index is -0.593. The highest BCUT2D eigenvalue weighted by Gasteiger charge is 2.31. The van der Waals surface area contributed by atoms with Crippen molar-refractivity contribution in [2.75, 3.05) is 0 Å². The average Bonchev–Trinajstić information content (AvgIpc) is 3.26. The number of fused-ring (bicyclic) bond motifs is 1. The number of hydrogen-bond donors (Lipinski definition) is 2. The summed E-state index contributed by atoms with van der Waals surface area (Å²) >= 11 is 0. The van der Waals surface area contributed by atoms with Gasteiger partial charge in [-0.3, -0.25) is 4.79 Å². The average molecular weight is 349 g/mol. The molecule has 1 heterocycles. The molecule has 0 saturated heterocycles. The van der Waals surface area contributed by atoms with E-state index in [2.05, 4.69) is 15.5 Å². The summed E-state index contributed by atoms with van der Waals surface area (Å²) in [6, 6.07) is 16.9. The molecule has 2 N–H and O–H groups in total. The third-order valence-electron chi connectivity index (χ3n) is 4.57. The van der Waals surface area contributed by atoms with Crippen molar-refractivity contribution in [2.45, 2.75) is 31.4 Å². The Labute approximate surface area is 150 Å². The van der Waals surface area contributed by atoms with Gasteiger partial charge in [-0.15, -0.1) is 10.2 Å².